The van der Waals surface area contributed by atoms with Crippen LogP contribution in [-0.2, 0) is 0 Å². The largest absolute Gasteiger partial charge is 0.369 e. The molecular weight excluding hydrogens is 330 g/mol. The summed E-state index contributed by atoms with van der Waals surface area (Å²) in [6.07, 6.45) is 0. The van der Waals surface area contributed by atoms with Crippen LogP contribution in [0.4, 0.5) is 10.8 Å². The monoisotopic (exact) mass is 341 g/mol. The number of fused-ring (bicyclic) bond motifs is 1. The van der Waals surface area contributed by atoms with Crippen LogP contribution in [0.25, 0.3) is 10.2 Å². The zero-order chi connectivity index (χ0) is 17.1. The van der Waals surface area contributed by atoms with E-state index in [0.29, 0.717) is 5.13 Å². The average molecular weight is 341 g/mol. The van der Waals surface area contributed by atoms with E-state index < -0.39 is 10.8 Å². The summed E-state index contributed by atoms with van der Waals surface area (Å²) in [7, 11) is 0. The Morgan fingerprint density at radius 1 is 1.21 bits per heavy atom. The summed E-state index contributed by atoms with van der Waals surface area (Å²) in [4.78, 5) is 30.5. The summed E-state index contributed by atoms with van der Waals surface area (Å²) >= 11 is 1.35. The average Bonchev–Trinajstić information content (AvgIpc) is 2.96. The number of nitrogens with two attached hydrogens (primary N) is 1. The number of nitro benzene ring substituents is 1. The summed E-state index contributed by atoms with van der Waals surface area (Å²) in [6.45, 7) is 0. The Morgan fingerprint density at radius 3 is 2.58 bits per heavy atom. The molecule has 0 aliphatic heterocycles. The molecule has 3 rings (SSSR count). The standard InChI is InChI=1S/C15H11N5O3S/c16-14(19-15-17-11-3-1-2-4-12(11)24-15)18-13(21)9-5-7-10(8-6-9)20(22)23/h1-8H,(H3,16,17,18,19,21). The number of amides is 1. The number of rotatable bonds is 3. The van der Waals surface area contributed by atoms with Gasteiger partial charge in [0.25, 0.3) is 11.6 Å². The van der Waals surface area contributed by atoms with Crippen molar-refractivity contribution in [1.82, 2.24) is 10.3 Å². The molecule has 3 aromatic rings. The van der Waals surface area contributed by atoms with E-state index in [1.807, 2.05) is 24.3 Å². The van der Waals surface area contributed by atoms with E-state index in [9.17, 15) is 14.9 Å². The Labute approximate surface area is 139 Å². The first-order chi connectivity index (χ1) is 11.5. The number of aromatic nitrogens is 1. The van der Waals surface area contributed by atoms with Crippen LogP contribution in [0, 0.1) is 10.1 Å². The zero-order valence-corrected chi connectivity index (χ0v) is 13.0. The molecule has 0 atom stereocenters. The number of nitrogens with zero attached hydrogens (tertiary/aromatic N) is 3. The van der Waals surface area contributed by atoms with E-state index >= 15 is 0 Å². The summed E-state index contributed by atoms with van der Waals surface area (Å²) in [5.74, 6) is -0.607. The molecule has 0 fully saturated rings. The van der Waals surface area contributed by atoms with Crippen LogP contribution in [0.5, 0.6) is 0 Å². The molecule has 0 saturated carbocycles. The van der Waals surface area contributed by atoms with Crippen molar-refractivity contribution in [3.63, 3.8) is 0 Å². The smallest absolute Gasteiger partial charge is 0.269 e. The van der Waals surface area contributed by atoms with Gasteiger partial charge in [-0.3, -0.25) is 20.2 Å². The molecule has 1 heterocycles. The predicted octanol–water partition coefficient (Wildman–Crippen LogP) is 2.58. The van der Waals surface area contributed by atoms with Gasteiger partial charge in [0.15, 0.2) is 0 Å². The Balaban J connectivity index is 1.74. The number of hydrogen-bond donors (Lipinski definition) is 2. The molecule has 0 aliphatic carbocycles. The normalized spacial score (nSPS) is 11.4. The van der Waals surface area contributed by atoms with Gasteiger partial charge < -0.3 is 5.73 Å². The lowest BCUT2D eigenvalue weighted by molar-refractivity contribution is -0.384. The van der Waals surface area contributed by atoms with Gasteiger partial charge in [-0.25, -0.2) is 4.98 Å². The number of nitrogens with one attached hydrogen (secondary N) is 1. The summed E-state index contributed by atoms with van der Waals surface area (Å²) in [5, 5.41) is 13.4. The van der Waals surface area contributed by atoms with Crippen molar-refractivity contribution >= 4 is 44.2 Å². The molecule has 8 nitrogen and oxygen atoms in total. The van der Waals surface area contributed by atoms with Crippen molar-refractivity contribution in [2.75, 3.05) is 0 Å². The third-order valence-corrected chi connectivity index (χ3v) is 4.01. The third-order valence-electron chi connectivity index (χ3n) is 3.08. The fraction of sp³-hybridized carbons (Fsp3) is 0. The predicted molar refractivity (Wildman–Crippen MR) is 91.5 cm³/mol. The quantitative estimate of drug-likeness (QED) is 0.328. The van der Waals surface area contributed by atoms with Crippen molar-refractivity contribution < 1.29 is 9.72 Å². The second-order valence-electron chi connectivity index (χ2n) is 4.72. The minimum atomic E-state index is -0.537. The first-order valence-electron chi connectivity index (χ1n) is 6.78. The summed E-state index contributed by atoms with van der Waals surface area (Å²) < 4.78 is 0.964. The van der Waals surface area contributed by atoms with Crippen molar-refractivity contribution in [3.8, 4) is 0 Å². The molecule has 0 aliphatic rings. The third kappa shape index (κ3) is 3.36. The van der Waals surface area contributed by atoms with E-state index in [-0.39, 0.29) is 17.2 Å². The van der Waals surface area contributed by atoms with Crippen molar-refractivity contribution in [3.05, 3.63) is 64.2 Å². The first-order valence-corrected chi connectivity index (χ1v) is 7.60. The maximum atomic E-state index is 12.0. The fourth-order valence-corrected chi connectivity index (χ4v) is 2.81. The molecule has 1 aromatic heterocycles. The number of carbonyl (C=O) groups excluding carboxylic acids is 1. The Hall–Kier alpha value is -3.33. The van der Waals surface area contributed by atoms with Gasteiger partial charge in [-0.2, -0.15) is 4.99 Å². The number of non-ortho nitro benzene ring substituents is 1. The van der Waals surface area contributed by atoms with Crippen LogP contribution >= 0.6 is 11.3 Å². The minimum absolute atomic E-state index is 0.0948. The number of benzene rings is 2. The van der Waals surface area contributed by atoms with E-state index in [2.05, 4.69) is 15.3 Å². The second kappa shape index (κ2) is 6.42. The maximum Gasteiger partial charge on any atom is 0.269 e. The number of carbonyl (C=O) groups is 1. The summed E-state index contributed by atoms with van der Waals surface area (Å²) in [6, 6.07) is 12.7. The second-order valence-corrected chi connectivity index (χ2v) is 5.73. The number of aliphatic imine (C=N–C) groups is 1. The van der Waals surface area contributed by atoms with Crippen LogP contribution in [0.1, 0.15) is 10.4 Å². The van der Waals surface area contributed by atoms with Gasteiger partial charge in [-0.15, -0.1) is 0 Å². The van der Waals surface area contributed by atoms with Crippen LogP contribution in [0.2, 0.25) is 0 Å². The molecule has 2 aromatic carbocycles. The van der Waals surface area contributed by atoms with E-state index in [4.69, 9.17) is 5.73 Å². The topological polar surface area (TPSA) is 124 Å². The number of thiazole rings is 1. The highest BCUT2D eigenvalue weighted by atomic mass is 32.1. The Bertz CT molecular complexity index is 916. The molecule has 24 heavy (non-hydrogen) atoms. The van der Waals surface area contributed by atoms with Crippen LogP contribution in [0.15, 0.2) is 53.5 Å². The van der Waals surface area contributed by atoms with Gasteiger partial charge in [-0.05, 0) is 24.3 Å². The Kier molecular flexibility index (Phi) is 4.17. The van der Waals surface area contributed by atoms with E-state index in [0.717, 1.165) is 10.2 Å². The molecule has 0 radical (unpaired) electrons. The molecule has 3 N–H and O–H groups in total. The van der Waals surface area contributed by atoms with E-state index in [1.165, 1.54) is 35.6 Å². The molecule has 0 unspecified atom stereocenters. The minimum Gasteiger partial charge on any atom is -0.369 e. The molecule has 9 heteroatoms. The summed E-state index contributed by atoms with van der Waals surface area (Å²) in [5.41, 5.74) is 6.67. The van der Waals surface area contributed by atoms with Gasteiger partial charge in [0, 0.05) is 17.7 Å². The molecule has 0 bridgehead atoms. The van der Waals surface area contributed by atoms with Gasteiger partial charge in [0.2, 0.25) is 11.1 Å². The lowest BCUT2D eigenvalue weighted by Gasteiger charge is -2.03. The lowest BCUT2D eigenvalue weighted by Crippen LogP contribution is -2.36. The maximum absolute atomic E-state index is 12.0. The molecule has 0 spiro atoms. The van der Waals surface area contributed by atoms with Gasteiger partial charge in [-0.1, -0.05) is 23.5 Å². The van der Waals surface area contributed by atoms with Crippen molar-refractivity contribution in [2.45, 2.75) is 0 Å². The van der Waals surface area contributed by atoms with Crippen LogP contribution < -0.4 is 11.1 Å². The lowest BCUT2D eigenvalue weighted by atomic mass is 10.2. The highest BCUT2D eigenvalue weighted by Gasteiger charge is 2.11. The molecular formula is C15H11N5O3S. The highest BCUT2D eigenvalue weighted by Crippen LogP contribution is 2.27. The number of para-hydroxylation sites is 1. The van der Waals surface area contributed by atoms with Gasteiger partial charge >= 0.3 is 0 Å². The molecule has 0 saturated heterocycles. The molecule has 1 amide bonds. The van der Waals surface area contributed by atoms with Gasteiger partial charge in [0.05, 0.1) is 15.1 Å². The van der Waals surface area contributed by atoms with Crippen LogP contribution in [0.3, 0.4) is 0 Å². The van der Waals surface area contributed by atoms with Crippen molar-refractivity contribution in [2.24, 2.45) is 10.7 Å². The van der Waals surface area contributed by atoms with E-state index in [1.54, 1.807) is 0 Å². The highest BCUT2D eigenvalue weighted by molar-refractivity contribution is 7.22. The van der Waals surface area contributed by atoms with Crippen LogP contribution in [-0.4, -0.2) is 21.8 Å². The zero-order valence-electron chi connectivity index (χ0n) is 12.2. The SMILES string of the molecule is NC(=Nc1nc2ccccc2s1)NC(=O)c1ccc([N+](=O)[O-])cc1. The fourth-order valence-electron chi connectivity index (χ4n) is 1.96. The first kappa shape index (κ1) is 15.6. The Morgan fingerprint density at radius 2 is 1.92 bits per heavy atom. The number of nitro groups is 1. The van der Waals surface area contributed by atoms with Crippen molar-refractivity contribution in [1.29, 1.82) is 0 Å². The number of guanidine groups is 1. The molecule has 120 valence electrons. The van der Waals surface area contributed by atoms with Gasteiger partial charge in [0.1, 0.15) is 0 Å². The number of hydrogen-bond acceptors (Lipinski definition) is 6.